The number of amides is 1. The van der Waals surface area contributed by atoms with Crippen LogP contribution in [0.5, 0.6) is 0 Å². The molecule has 1 saturated heterocycles. The zero-order chi connectivity index (χ0) is 18.3. The van der Waals surface area contributed by atoms with Crippen molar-refractivity contribution in [3.63, 3.8) is 0 Å². The van der Waals surface area contributed by atoms with Crippen LogP contribution in [0.25, 0.3) is 0 Å². The van der Waals surface area contributed by atoms with Gasteiger partial charge in [-0.15, -0.1) is 0 Å². The van der Waals surface area contributed by atoms with Gasteiger partial charge in [0.2, 0.25) is 0 Å². The lowest BCUT2D eigenvalue weighted by Gasteiger charge is -2.34. The molecule has 0 saturated carbocycles. The molecule has 1 fully saturated rings. The van der Waals surface area contributed by atoms with Crippen LogP contribution in [0.1, 0.15) is 52.0 Å². The fraction of sp³-hybridized carbons (Fsp3) is 0.684. The van der Waals surface area contributed by atoms with Gasteiger partial charge in [0, 0.05) is 25.9 Å². The van der Waals surface area contributed by atoms with Crippen molar-refractivity contribution in [2.45, 2.75) is 58.7 Å². The molecule has 1 aromatic heterocycles. The molecular formula is C19H29ClN2O3. The molecule has 0 unspecified atom stereocenters. The number of rotatable bonds is 6. The van der Waals surface area contributed by atoms with Gasteiger partial charge in [0.1, 0.15) is 10.8 Å². The lowest BCUT2D eigenvalue weighted by Crippen LogP contribution is -2.42. The van der Waals surface area contributed by atoms with Crippen LogP contribution in [0, 0.1) is 5.92 Å². The van der Waals surface area contributed by atoms with Gasteiger partial charge < -0.3 is 14.4 Å². The molecule has 0 radical (unpaired) electrons. The fourth-order valence-corrected chi connectivity index (χ4v) is 3.06. The highest BCUT2D eigenvalue weighted by molar-refractivity contribution is 6.29. The van der Waals surface area contributed by atoms with Crippen molar-refractivity contribution < 1.29 is 14.3 Å². The van der Waals surface area contributed by atoms with E-state index in [4.69, 9.17) is 21.1 Å². The van der Waals surface area contributed by atoms with Crippen molar-refractivity contribution in [2.75, 3.05) is 19.7 Å². The lowest BCUT2D eigenvalue weighted by molar-refractivity contribution is 0.0155. The van der Waals surface area contributed by atoms with Crippen LogP contribution < -0.4 is 0 Å². The SMILES string of the molecule is CC(C)(C)OC(=O)N1CCC[C@@H](CCCOCc2ccc(Cl)nc2)C1. The largest absolute Gasteiger partial charge is 0.444 e. The Labute approximate surface area is 155 Å². The molecule has 1 aliphatic rings. The number of halogens is 1. The third kappa shape index (κ3) is 7.61. The number of ether oxygens (including phenoxy) is 2. The zero-order valence-electron chi connectivity index (χ0n) is 15.5. The lowest BCUT2D eigenvalue weighted by atomic mass is 9.94. The molecule has 0 N–H and O–H groups in total. The summed E-state index contributed by atoms with van der Waals surface area (Å²) in [5.41, 5.74) is 0.590. The average Bonchev–Trinajstić information content (AvgIpc) is 2.55. The molecule has 1 aliphatic heterocycles. The summed E-state index contributed by atoms with van der Waals surface area (Å²) < 4.78 is 11.2. The van der Waals surface area contributed by atoms with Gasteiger partial charge in [0.25, 0.3) is 0 Å². The molecular weight excluding hydrogens is 340 g/mol. The number of carbonyl (C=O) groups is 1. The second-order valence-electron chi connectivity index (χ2n) is 7.62. The number of hydrogen-bond donors (Lipinski definition) is 0. The number of carbonyl (C=O) groups excluding carboxylic acids is 1. The number of nitrogens with zero attached hydrogens (tertiary/aromatic N) is 2. The Morgan fingerprint density at radius 2 is 2.20 bits per heavy atom. The van der Waals surface area contributed by atoms with Gasteiger partial charge in [0.05, 0.1) is 6.61 Å². The van der Waals surface area contributed by atoms with Crippen LogP contribution in [0.4, 0.5) is 4.79 Å². The summed E-state index contributed by atoms with van der Waals surface area (Å²) in [7, 11) is 0. The number of aromatic nitrogens is 1. The van der Waals surface area contributed by atoms with Gasteiger partial charge in [0.15, 0.2) is 0 Å². The first-order valence-electron chi connectivity index (χ1n) is 8.99. The predicted octanol–water partition coefficient (Wildman–Crippen LogP) is 4.68. The summed E-state index contributed by atoms with van der Waals surface area (Å²) in [6, 6.07) is 3.70. The first kappa shape index (κ1) is 20.0. The minimum Gasteiger partial charge on any atom is -0.444 e. The maximum absolute atomic E-state index is 12.2. The Balaban J connectivity index is 1.63. The Hall–Kier alpha value is -1.33. The van der Waals surface area contributed by atoms with Gasteiger partial charge in [-0.3, -0.25) is 0 Å². The molecule has 6 heteroatoms. The molecule has 1 aromatic rings. The minimum absolute atomic E-state index is 0.191. The molecule has 1 atom stereocenters. The second-order valence-corrected chi connectivity index (χ2v) is 8.01. The average molecular weight is 369 g/mol. The Morgan fingerprint density at radius 3 is 2.88 bits per heavy atom. The smallest absolute Gasteiger partial charge is 0.410 e. The van der Waals surface area contributed by atoms with Gasteiger partial charge in [-0.2, -0.15) is 0 Å². The Bertz CT molecular complexity index is 543. The standard InChI is InChI=1S/C19H29ClN2O3/c1-19(2,3)25-18(23)22-10-4-6-15(13-22)7-5-11-24-14-16-8-9-17(20)21-12-16/h8-9,12,15H,4-7,10-11,13-14H2,1-3H3/t15-/m0/s1. The topological polar surface area (TPSA) is 51.7 Å². The minimum atomic E-state index is -0.436. The van der Waals surface area contributed by atoms with E-state index >= 15 is 0 Å². The van der Waals surface area contributed by atoms with Crippen LogP contribution in [-0.2, 0) is 16.1 Å². The Kier molecular flexibility index (Phi) is 7.51. The molecule has 140 valence electrons. The van der Waals surface area contributed by atoms with E-state index in [-0.39, 0.29) is 6.09 Å². The van der Waals surface area contributed by atoms with Gasteiger partial charge >= 0.3 is 6.09 Å². The molecule has 0 aliphatic carbocycles. The van der Waals surface area contributed by atoms with Crippen LogP contribution in [-0.4, -0.2) is 41.3 Å². The maximum Gasteiger partial charge on any atom is 0.410 e. The molecule has 0 spiro atoms. The van der Waals surface area contributed by atoms with Crippen molar-refractivity contribution in [2.24, 2.45) is 5.92 Å². The van der Waals surface area contributed by atoms with Crippen LogP contribution in [0.15, 0.2) is 18.3 Å². The van der Waals surface area contributed by atoms with E-state index in [1.807, 2.05) is 31.7 Å². The van der Waals surface area contributed by atoms with E-state index in [2.05, 4.69) is 4.98 Å². The second kappa shape index (κ2) is 9.39. The van der Waals surface area contributed by atoms with Crippen LogP contribution in [0.2, 0.25) is 5.15 Å². The van der Waals surface area contributed by atoms with Crippen molar-refractivity contribution >= 4 is 17.7 Å². The number of likely N-dealkylation sites (tertiary alicyclic amines) is 1. The van der Waals surface area contributed by atoms with Crippen LogP contribution in [0.3, 0.4) is 0 Å². The highest BCUT2D eigenvalue weighted by atomic mass is 35.5. The van der Waals surface area contributed by atoms with Crippen molar-refractivity contribution in [3.05, 3.63) is 29.0 Å². The first-order chi connectivity index (χ1) is 11.8. The summed E-state index contributed by atoms with van der Waals surface area (Å²) in [4.78, 5) is 18.1. The molecule has 2 rings (SSSR count). The molecule has 0 bridgehead atoms. The third-order valence-electron chi connectivity index (χ3n) is 4.13. The monoisotopic (exact) mass is 368 g/mol. The zero-order valence-corrected chi connectivity index (χ0v) is 16.2. The summed E-state index contributed by atoms with van der Waals surface area (Å²) in [5, 5.41) is 0.496. The summed E-state index contributed by atoms with van der Waals surface area (Å²) in [5.74, 6) is 0.530. The highest BCUT2D eigenvalue weighted by Gasteiger charge is 2.27. The summed E-state index contributed by atoms with van der Waals surface area (Å²) in [6.07, 6.45) is 5.82. The maximum atomic E-state index is 12.2. The quantitative estimate of drug-likeness (QED) is 0.540. The third-order valence-corrected chi connectivity index (χ3v) is 4.35. The summed E-state index contributed by atoms with van der Waals surface area (Å²) >= 11 is 5.76. The molecule has 2 heterocycles. The Morgan fingerprint density at radius 1 is 1.40 bits per heavy atom. The van der Waals surface area contributed by atoms with E-state index in [1.54, 1.807) is 12.3 Å². The highest BCUT2D eigenvalue weighted by Crippen LogP contribution is 2.23. The van der Waals surface area contributed by atoms with Gasteiger partial charge in [-0.25, -0.2) is 9.78 Å². The molecule has 0 aromatic carbocycles. The van der Waals surface area contributed by atoms with Crippen molar-refractivity contribution in [3.8, 4) is 0 Å². The van der Waals surface area contributed by atoms with E-state index in [9.17, 15) is 4.79 Å². The van der Waals surface area contributed by atoms with E-state index in [0.717, 1.165) is 37.9 Å². The number of pyridine rings is 1. The fourth-order valence-electron chi connectivity index (χ4n) is 2.95. The number of hydrogen-bond acceptors (Lipinski definition) is 4. The van der Waals surface area contributed by atoms with Crippen molar-refractivity contribution in [1.29, 1.82) is 0 Å². The van der Waals surface area contributed by atoms with E-state index in [0.29, 0.717) is 24.3 Å². The molecule has 5 nitrogen and oxygen atoms in total. The van der Waals surface area contributed by atoms with E-state index < -0.39 is 5.60 Å². The van der Waals surface area contributed by atoms with Gasteiger partial charge in [-0.1, -0.05) is 17.7 Å². The van der Waals surface area contributed by atoms with E-state index in [1.165, 1.54) is 6.42 Å². The first-order valence-corrected chi connectivity index (χ1v) is 9.37. The predicted molar refractivity (Wildman–Crippen MR) is 98.7 cm³/mol. The summed E-state index contributed by atoms with van der Waals surface area (Å²) in [6.45, 7) is 8.56. The normalized spacial score (nSPS) is 18.2. The molecule has 25 heavy (non-hydrogen) atoms. The van der Waals surface area contributed by atoms with Crippen molar-refractivity contribution in [1.82, 2.24) is 9.88 Å². The van der Waals surface area contributed by atoms with Crippen LogP contribution >= 0.6 is 11.6 Å². The number of piperidine rings is 1. The molecule has 1 amide bonds. The van der Waals surface area contributed by atoms with Gasteiger partial charge in [-0.05, 0) is 64.0 Å².